The lowest BCUT2D eigenvalue weighted by molar-refractivity contribution is 0.589. The highest BCUT2D eigenvalue weighted by Gasteiger charge is 2.53. The summed E-state index contributed by atoms with van der Waals surface area (Å²) in [7, 11) is 0. The van der Waals surface area contributed by atoms with Gasteiger partial charge in [0.05, 0.1) is 11.0 Å². The fraction of sp³-hybridized carbons (Fsp3) is 0.200. The van der Waals surface area contributed by atoms with E-state index in [1.807, 2.05) is 0 Å². The van der Waals surface area contributed by atoms with Crippen LogP contribution in [0.3, 0.4) is 0 Å². The first kappa shape index (κ1) is 34.8. The summed E-state index contributed by atoms with van der Waals surface area (Å²) in [5.74, 6) is 0. The topological polar surface area (TPSA) is 13.1 Å². The first-order valence-corrected chi connectivity index (χ1v) is 21.3. The summed E-state index contributed by atoms with van der Waals surface area (Å²) < 4.78 is 5.25. The van der Waals surface area contributed by atoms with Crippen molar-refractivity contribution in [2.24, 2.45) is 0 Å². The molecule has 3 nitrogen and oxygen atoms in total. The molecule has 0 fully saturated rings. The third-order valence-corrected chi connectivity index (χ3v) is 13.9. The molecule has 286 valence electrons. The number of anilines is 2. The van der Waals surface area contributed by atoms with Gasteiger partial charge in [0.1, 0.15) is 0 Å². The molecule has 4 heteroatoms. The Kier molecular flexibility index (Phi) is 6.76. The van der Waals surface area contributed by atoms with E-state index in [9.17, 15) is 0 Å². The lowest BCUT2D eigenvalue weighted by Gasteiger charge is -2.44. The largest absolute Gasteiger partial charge is 0.375 e. The fourth-order valence-corrected chi connectivity index (χ4v) is 11.2. The number of allylic oxidation sites excluding steroid dienone is 1. The Hall–Kier alpha value is -6.26. The maximum atomic E-state index is 2.75. The Morgan fingerprint density at radius 1 is 0.525 bits per heavy atom. The normalized spacial score (nSPS) is 15.5. The van der Waals surface area contributed by atoms with Gasteiger partial charge in [-0.2, -0.15) is 0 Å². The van der Waals surface area contributed by atoms with Gasteiger partial charge in [0.15, 0.2) is 0 Å². The van der Waals surface area contributed by atoms with Crippen LogP contribution in [0.15, 0.2) is 151 Å². The van der Waals surface area contributed by atoms with Gasteiger partial charge in [-0.05, 0) is 98.1 Å². The number of hydrogen-bond acceptors (Lipinski definition) is 1. The minimum Gasteiger partial charge on any atom is -0.375 e. The van der Waals surface area contributed by atoms with E-state index >= 15 is 0 Å². The van der Waals surface area contributed by atoms with Crippen molar-refractivity contribution in [3.8, 4) is 16.8 Å². The second-order valence-electron chi connectivity index (χ2n) is 19.8. The summed E-state index contributed by atoms with van der Waals surface area (Å²) in [5, 5.41) is 5.21. The fourth-order valence-electron chi connectivity index (χ4n) is 11.2. The molecular weight excluding hydrogens is 713 g/mol. The van der Waals surface area contributed by atoms with E-state index < -0.39 is 0 Å². The first-order chi connectivity index (χ1) is 28.3. The van der Waals surface area contributed by atoms with E-state index in [0.717, 1.165) is 0 Å². The van der Waals surface area contributed by atoms with Crippen molar-refractivity contribution in [3.05, 3.63) is 174 Å². The zero-order chi connectivity index (χ0) is 40.3. The van der Waals surface area contributed by atoms with E-state index in [1.54, 1.807) is 0 Å². The van der Waals surface area contributed by atoms with Crippen molar-refractivity contribution in [3.63, 3.8) is 0 Å². The van der Waals surface area contributed by atoms with Gasteiger partial charge < -0.3 is 13.9 Å². The van der Waals surface area contributed by atoms with Crippen LogP contribution in [0.1, 0.15) is 77.6 Å². The minimum atomic E-state index is -0.250. The third kappa shape index (κ3) is 4.50. The summed E-state index contributed by atoms with van der Waals surface area (Å²) >= 11 is 0. The third-order valence-electron chi connectivity index (χ3n) is 13.9. The summed E-state index contributed by atoms with van der Waals surface area (Å²) in [6, 6.07) is 55.5. The van der Waals surface area contributed by atoms with Gasteiger partial charge in [-0.25, -0.2) is 0 Å². The molecule has 59 heavy (non-hydrogen) atoms. The van der Waals surface area contributed by atoms with Crippen LogP contribution in [0.5, 0.6) is 0 Å². The van der Waals surface area contributed by atoms with E-state index in [-0.39, 0.29) is 23.1 Å². The van der Waals surface area contributed by atoms with Crippen molar-refractivity contribution >= 4 is 72.8 Å². The quantitative estimate of drug-likeness (QED) is 0.160. The number of hydrogen-bond donors (Lipinski definition) is 0. The zero-order valence-electron chi connectivity index (χ0n) is 35.3. The van der Waals surface area contributed by atoms with Gasteiger partial charge in [0, 0.05) is 66.3 Å². The zero-order valence-corrected chi connectivity index (χ0v) is 35.3. The van der Waals surface area contributed by atoms with Crippen LogP contribution in [0.2, 0.25) is 0 Å². The Morgan fingerprint density at radius 2 is 1.17 bits per heavy atom. The molecular formula is C55H48BN3. The molecule has 7 aromatic carbocycles. The average molecular weight is 762 g/mol. The molecule has 2 aromatic heterocycles. The molecule has 12 rings (SSSR count). The first-order valence-electron chi connectivity index (χ1n) is 21.3. The summed E-state index contributed by atoms with van der Waals surface area (Å²) in [6.45, 7) is 18.9. The number of aromatic nitrogens is 2. The van der Waals surface area contributed by atoms with Crippen LogP contribution in [-0.4, -0.2) is 15.9 Å². The van der Waals surface area contributed by atoms with Crippen LogP contribution in [0, 0.1) is 0 Å². The van der Waals surface area contributed by atoms with Gasteiger partial charge in [0.2, 0.25) is 0 Å². The number of para-hydroxylation sites is 3. The predicted molar refractivity (Wildman–Crippen MR) is 252 cm³/mol. The second-order valence-corrected chi connectivity index (χ2v) is 19.8. The number of rotatable bonds is 2. The second kappa shape index (κ2) is 11.5. The van der Waals surface area contributed by atoms with Crippen molar-refractivity contribution in [2.75, 3.05) is 4.90 Å². The van der Waals surface area contributed by atoms with Crippen LogP contribution in [0.25, 0.3) is 65.9 Å². The van der Waals surface area contributed by atoms with Crippen molar-refractivity contribution in [1.82, 2.24) is 9.05 Å². The van der Waals surface area contributed by atoms with Crippen LogP contribution in [0.4, 0.5) is 11.4 Å². The van der Waals surface area contributed by atoms with Gasteiger partial charge in [-0.15, -0.1) is 0 Å². The Bertz CT molecular complexity index is 3310. The molecule has 0 saturated carbocycles. The highest BCUT2D eigenvalue weighted by atomic mass is 15.2. The summed E-state index contributed by atoms with van der Waals surface area (Å²) in [4.78, 5) is 2.67. The maximum absolute atomic E-state index is 2.75. The Labute approximate surface area is 347 Å². The van der Waals surface area contributed by atoms with E-state index in [1.165, 1.54) is 111 Å². The Morgan fingerprint density at radius 3 is 1.90 bits per heavy atom. The molecule has 0 atom stereocenters. The van der Waals surface area contributed by atoms with Crippen LogP contribution in [-0.2, 0) is 16.2 Å². The molecule has 3 aliphatic rings. The van der Waals surface area contributed by atoms with Gasteiger partial charge in [-0.1, -0.05) is 152 Å². The molecule has 0 spiro atoms. The molecule has 0 amide bonds. The minimum absolute atomic E-state index is 0.0214. The Balaban J connectivity index is 1.32. The molecule has 2 aliphatic heterocycles. The van der Waals surface area contributed by atoms with Gasteiger partial charge >= 0.3 is 6.85 Å². The lowest BCUT2D eigenvalue weighted by atomic mass is 9.43. The van der Waals surface area contributed by atoms with E-state index in [2.05, 4.69) is 215 Å². The molecule has 4 heterocycles. The highest BCUT2D eigenvalue weighted by molar-refractivity contribution is 6.93. The average Bonchev–Trinajstić information content (AvgIpc) is 3.82. The number of nitrogens with zero attached hydrogens (tertiary/aromatic N) is 3. The molecule has 9 aromatic rings. The SMILES string of the molecule is CC(C)(C)c1ccc(N2C3=C(B4c5c(cc(C(C)(C)C)cc52)-c2c5c6ccccc6n(-c6ccccc6)c5cc5c6ccccc6n4c25)c2ccccc2C3(C)C)cc1. The number of benzene rings is 7. The van der Waals surface area contributed by atoms with Crippen molar-refractivity contribution in [2.45, 2.75) is 71.6 Å². The molecule has 1 aliphatic carbocycles. The van der Waals surface area contributed by atoms with Crippen LogP contribution < -0.4 is 10.4 Å². The highest BCUT2D eigenvalue weighted by Crippen LogP contribution is 2.58. The molecule has 0 bridgehead atoms. The monoisotopic (exact) mass is 761 g/mol. The molecule has 0 unspecified atom stereocenters. The summed E-state index contributed by atoms with van der Waals surface area (Å²) in [5.41, 5.74) is 20.8. The molecule has 0 N–H and O–H groups in total. The molecule has 0 saturated heterocycles. The van der Waals surface area contributed by atoms with Crippen molar-refractivity contribution in [1.29, 1.82) is 0 Å². The summed E-state index contributed by atoms with van der Waals surface area (Å²) in [6.07, 6.45) is 0. The predicted octanol–water partition coefficient (Wildman–Crippen LogP) is 13.6. The number of fused-ring (bicyclic) bond motifs is 12. The van der Waals surface area contributed by atoms with Crippen LogP contribution >= 0.6 is 0 Å². The van der Waals surface area contributed by atoms with Crippen molar-refractivity contribution < 1.29 is 0 Å². The maximum Gasteiger partial charge on any atom is 0.333 e. The lowest BCUT2D eigenvalue weighted by Crippen LogP contribution is -2.50. The smallest absolute Gasteiger partial charge is 0.333 e. The van der Waals surface area contributed by atoms with E-state index in [4.69, 9.17) is 0 Å². The van der Waals surface area contributed by atoms with E-state index in [0.29, 0.717) is 0 Å². The van der Waals surface area contributed by atoms with Gasteiger partial charge in [0.25, 0.3) is 0 Å². The van der Waals surface area contributed by atoms with Gasteiger partial charge in [-0.3, -0.25) is 0 Å². The molecule has 0 radical (unpaired) electrons. The standard InChI is InChI=1S/C55H48BN3/c1-53(2,3)33-26-28-36(29-27-33)58-46-31-34(54(4,5)6)30-41-48-47-39-22-14-16-24-43(39)57(35-18-10-9-11-19-35)45(47)32-40-37-20-13-17-25-44(37)59(51(40)48)56(49(41)46)50-38-21-12-15-23-42(38)55(7,8)52(50)58/h9-32H,1-8H3.